The number of nitrogens with one attached hydrogen (secondary N) is 1. The molecule has 0 aliphatic heterocycles. The van der Waals surface area contributed by atoms with E-state index in [1.165, 1.54) is 0 Å². The zero-order valence-electron chi connectivity index (χ0n) is 18.0. The molecule has 148 valence electrons. The van der Waals surface area contributed by atoms with Crippen LogP contribution in [0.1, 0.15) is 75.7 Å². The van der Waals surface area contributed by atoms with Crippen molar-refractivity contribution in [2.75, 3.05) is 19.8 Å². The molecule has 0 rings (SSSR count). The van der Waals surface area contributed by atoms with Gasteiger partial charge in [-0.1, -0.05) is 62.3 Å². The first-order valence-electron chi connectivity index (χ1n) is 9.06. The summed E-state index contributed by atoms with van der Waals surface area (Å²) in [5, 5.41) is 2.69. The number of amides is 1. The minimum atomic E-state index is -0.611. The van der Waals surface area contributed by atoms with Crippen LogP contribution in [0, 0.1) is 21.7 Å². The number of ether oxygens (including phenoxy) is 2. The Morgan fingerprint density at radius 2 is 1.24 bits per heavy atom. The smallest absolute Gasteiger partial charge is 0.407 e. The van der Waals surface area contributed by atoms with E-state index in [0.29, 0.717) is 6.54 Å². The van der Waals surface area contributed by atoms with Crippen LogP contribution in [-0.4, -0.2) is 31.8 Å². The van der Waals surface area contributed by atoms with Gasteiger partial charge in [-0.2, -0.15) is 0 Å². The average molecular weight is 358 g/mol. The summed E-state index contributed by atoms with van der Waals surface area (Å²) in [6.45, 7) is 21.2. The minimum absolute atomic E-state index is 0.00436. The van der Waals surface area contributed by atoms with E-state index in [2.05, 4.69) is 46.9 Å². The Morgan fingerprint density at radius 1 is 0.760 bits per heavy atom. The zero-order chi connectivity index (χ0) is 20.1. The van der Waals surface area contributed by atoms with Gasteiger partial charge in [0.1, 0.15) is 13.2 Å². The molecule has 0 aliphatic rings. The Hall–Kier alpha value is -1.26. The molecule has 1 atom stereocenters. The molecule has 1 amide bonds. The lowest BCUT2D eigenvalue weighted by Crippen LogP contribution is -2.44. The molecule has 0 aliphatic carbocycles. The van der Waals surface area contributed by atoms with Gasteiger partial charge in [0.15, 0.2) is 0 Å². The lowest BCUT2D eigenvalue weighted by molar-refractivity contribution is -0.165. The van der Waals surface area contributed by atoms with Crippen molar-refractivity contribution in [3.05, 3.63) is 0 Å². The highest BCUT2D eigenvalue weighted by Gasteiger charge is 2.47. The second kappa shape index (κ2) is 8.41. The minimum Gasteiger partial charge on any atom is -0.462 e. The van der Waals surface area contributed by atoms with Gasteiger partial charge in [-0.3, -0.25) is 4.79 Å². The number of carbonyl (C=O) groups is 2. The fraction of sp³-hybridized carbons (Fsp3) is 0.900. The Kier molecular flexibility index (Phi) is 7.99. The number of alkyl carbamates (subject to hydrolysis) is 1. The van der Waals surface area contributed by atoms with E-state index in [-0.39, 0.29) is 35.4 Å². The molecular formula is C20H39NO4. The molecule has 0 heterocycles. The van der Waals surface area contributed by atoms with Crippen molar-refractivity contribution in [3.63, 3.8) is 0 Å². The van der Waals surface area contributed by atoms with Crippen LogP contribution in [0.5, 0.6) is 0 Å². The highest BCUT2D eigenvalue weighted by atomic mass is 16.6. The summed E-state index contributed by atoms with van der Waals surface area (Å²) >= 11 is 0. The van der Waals surface area contributed by atoms with Crippen molar-refractivity contribution >= 4 is 12.1 Å². The van der Waals surface area contributed by atoms with Crippen LogP contribution in [0.25, 0.3) is 0 Å². The van der Waals surface area contributed by atoms with Gasteiger partial charge in [0, 0.05) is 6.54 Å². The van der Waals surface area contributed by atoms with Crippen LogP contribution >= 0.6 is 0 Å². The van der Waals surface area contributed by atoms with Crippen LogP contribution < -0.4 is 5.32 Å². The summed E-state index contributed by atoms with van der Waals surface area (Å²) in [5.41, 5.74) is -0.848. The van der Waals surface area contributed by atoms with Crippen LogP contribution in [0.2, 0.25) is 0 Å². The van der Waals surface area contributed by atoms with Gasteiger partial charge in [-0.15, -0.1) is 0 Å². The van der Waals surface area contributed by atoms with Crippen molar-refractivity contribution < 1.29 is 19.1 Å². The monoisotopic (exact) mass is 357 g/mol. The standard InChI is InChI=1S/C20H39NO4/c1-17(2,3)13-20(10,19(7,8)9)15(22)24-11-12-25-16(23)21-14-18(4,5)6/h11-14H2,1-10H3,(H,21,23). The normalized spacial score (nSPS) is 15.3. The zero-order valence-corrected chi connectivity index (χ0v) is 18.0. The molecule has 0 saturated heterocycles. The maximum absolute atomic E-state index is 12.7. The Morgan fingerprint density at radius 3 is 1.64 bits per heavy atom. The SMILES string of the molecule is CC(C)(C)CNC(=O)OCCOC(=O)C(C)(CC(C)(C)C)C(C)(C)C. The number of carbonyl (C=O) groups excluding carboxylic acids is 2. The van der Waals surface area contributed by atoms with E-state index in [4.69, 9.17) is 9.47 Å². The molecule has 0 radical (unpaired) electrons. The molecule has 0 spiro atoms. The highest BCUT2D eigenvalue weighted by molar-refractivity contribution is 5.77. The second-order valence-electron chi connectivity index (χ2n) is 10.5. The van der Waals surface area contributed by atoms with Gasteiger partial charge in [0.25, 0.3) is 0 Å². The molecule has 0 aromatic carbocycles. The Bertz CT molecular complexity index is 452. The fourth-order valence-electron chi connectivity index (χ4n) is 2.52. The summed E-state index contributed by atoms with van der Waals surface area (Å²) < 4.78 is 10.5. The maximum Gasteiger partial charge on any atom is 0.407 e. The second-order valence-corrected chi connectivity index (χ2v) is 10.5. The van der Waals surface area contributed by atoms with Gasteiger partial charge < -0.3 is 14.8 Å². The van der Waals surface area contributed by atoms with E-state index in [1.54, 1.807) is 0 Å². The van der Waals surface area contributed by atoms with Crippen LogP contribution in [0.4, 0.5) is 4.79 Å². The number of rotatable bonds is 6. The van der Waals surface area contributed by atoms with Crippen molar-refractivity contribution in [1.82, 2.24) is 5.32 Å². The first-order chi connectivity index (χ1) is 11.0. The van der Waals surface area contributed by atoms with E-state index in [1.807, 2.05) is 27.7 Å². The van der Waals surface area contributed by atoms with Gasteiger partial charge >= 0.3 is 12.1 Å². The summed E-state index contributed by atoms with van der Waals surface area (Å²) in [6, 6.07) is 0. The van der Waals surface area contributed by atoms with Crippen LogP contribution in [-0.2, 0) is 14.3 Å². The third-order valence-corrected chi connectivity index (χ3v) is 4.30. The van der Waals surface area contributed by atoms with Crippen molar-refractivity contribution in [2.45, 2.75) is 75.7 Å². The average Bonchev–Trinajstić information content (AvgIpc) is 2.37. The molecule has 5 nitrogen and oxygen atoms in total. The van der Waals surface area contributed by atoms with Gasteiger partial charge in [0.2, 0.25) is 0 Å². The number of hydrogen-bond acceptors (Lipinski definition) is 4. The molecule has 0 bridgehead atoms. The predicted molar refractivity (Wildman–Crippen MR) is 101 cm³/mol. The Labute approximate surface area is 154 Å². The molecule has 25 heavy (non-hydrogen) atoms. The Balaban J connectivity index is 4.53. The molecule has 0 aromatic rings. The first-order valence-corrected chi connectivity index (χ1v) is 9.06. The molecular weight excluding hydrogens is 318 g/mol. The van der Waals surface area contributed by atoms with Gasteiger partial charge in [-0.05, 0) is 29.6 Å². The molecule has 5 heteroatoms. The summed E-state index contributed by atoms with van der Waals surface area (Å²) in [6.07, 6.45) is 0.231. The molecule has 0 fully saturated rings. The van der Waals surface area contributed by atoms with E-state index >= 15 is 0 Å². The van der Waals surface area contributed by atoms with E-state index in [9.17, 15) is 9.59 Å². The third kappa shape index (κ3) is 9.13. The van der Waals surface area contributed by atoms with Crippen LogP contribution in [0.15, 0.2) is 0 Å². The van der Waals surface area contributed by atoms with E-state index < -0.39 is 11.5 Å². The summed E-state index contributed by atoms with van der Waals surface area (Å²) in [4.78, 5) is 24.3. The topological polar surface area (TPSA) is 64.6 Å². The third-order valence-electron chi connectivity index (χ3n) is 4.30. The predicted octanol–water partition coefficient (Wildman–Crippen LogP) is 4.79. The molecule has 0 aromatic heterocycles. The highest BCUT2D eigenvalue weighted by Crippen LogP contribution is 2.47. The number of hydrogen-bond donors (Lipinski definition) is 1. The van der Waals surface area contributed by atoms with Crippen LogP contribution in [0.3, 0.4) is 0 Å². The van der Waals surface area contributed by atoms with Gasteiger partial charge in [0.05, 0.1) is 5.41 Å². The quantitative estimate of drug-likeness (QED) is 0.548. The summed E-state index contributed by atoms with van der Waals surface area (Å²) in [7, 11) is 0. The van der Waals surface area contributed by atoms with Crippen molar-refractivity contribution in [1.29, 1.82) is 0 Å². The molecule has 1 unspecified atom stereocenters. The number of esters is 1. The van der Waals surface area contributed by atoms with E-state index in [0.717, 1.165) is 6.42 Å². The lowest BCUT2D eigenvalue weighted by Gasteiger charge is -2.43. The largest absolute Gasteiger partial charge is 0.462 e. The molecule has 1 N–H and O–H groups in total. The first kappa shape index (κ1) is 23.7. The molecule has 0 saturated carbocycles. The maximum atomic E-state index is 12.7. The van der Waals surface area contributed by atoms with Crippen molar-refractivity contribution in [2.24, 2.45) is 21.7 Å². The lowest BCUT2D eigenvalue weighted by atomic mass is 9.61. The summed E-state index contributed by atoms with van der Waals surface area (Å²) in [5.74, 6) is -0.242. The van der Waals surface area contributed by atoms with Crippen molar-refractivity contribution in [3.8, 4) is 0 Å². The fourth-order valence-corrected chi connectivity index (χ4v) is 2.52. The van der Waals surface area contributed by atoms with Gasteiger partial charge in [-0.25, -0.2) is 4.79 Å².